The van der Waals surface area contributed by atoms with Crippen LogP contribution in [0.3, 0.4) is 0 Å². The van der Waals surface area contributed by atoms with Gasteiger partial charge in [-0.3, -0.25) is 0 Å². The molecule has 1 aliphatic rings. The molecule has 12 heavy (non-hydrogen) atoms. The molecule has 1 rings (SSSR count). The lowest BCUT2D eigenvalue weighted by Gasteiger charge is -2.35. The zero-order valence-corrected chi connectivity index (χ0v) is 8.65. The van der Waals surface area contributed by atoms with Crippen LogP contribution in [0.15, 0.2) is 24.6 Å². The van der Waals surface area contributed by atoms with Gasteiger partial charge in [0, 0.05) is 22.9 Å². The zero-order valence-electron chi connectivity index (χ0n) is 8.65. The summed E-state index contributed by atoms with van der Waals surface area (Å²) in [5.74, 6) is 0.566. The van der Waals surface area contributed by atoms with E-state index in [-0.39, 0.29) is 5.54 Å². The highest BCUT2D eigenvalue weighted by molar-refractivity contribution is 5.22. The summed E-state index contributed by atoms with van der Waals surface area (Å²) in [7, 11) is 0. The topological polar surface area (TPSA) is 3.24 Å². The molecule has 0 bridgehead atoms. The third kappa shape index (κ3) is 1.40. The number of hydrogen-bond acceptors (Lipinski definition) is 1. The van der Waals surface area contributed by atoms with Crippen molar-refractivity contribution in [2.45, 2.75) is 39.7 Å². The quantitative estimate of drug-likeness (QED) is 0.533. The molecule has 1 unspecified atom stereocenters. The van der Waals surface area contributed by atoms with Gasteiger partial charge < -0.3 is 4.90 Å². The normalized spacial score (nSPS) is 25.3. The Labute approximate surface area is 75.8 Å². The van der Waals surface area contributed by atoms with E-state index in [2.05, 4.69) is 45.8 Å². The van der Waals surface area contributed by atoms with Gasteiger partial charge in [-0.25, -0.2) is 0 Å². The number of allylic oxidation sites excluding steroid dienone is 2. The minimum atomic E-state index is 0.138. The maximum atomic E-state index is 4.10. The highest BCUT2D eigenvalue weighted by Gasteiger charge is 2.33. The van der Waals surface area contributed by atoms with Crippen LogP contribution in [0.25, 0.3) is 0 Å². The molecule has 0 aromatic heterocycles. The monoisotopic (exact) mass is 165 g/mol. The molecule has 0 spiro atoms. The van der Waals surface area contributed by atoms with Crippen LogP contribution in [-0.4, -0.2) is 10.4 Å². The summed E-state index contributed by atoms with van der Waals surface area (Å²) in [6.45, 7) is 17.0. The van der Waals surface area contributed by atoms with Crippen LogP contribution in [0.5, 0.6) is 0 Å². The molecule has 1 heterocycles. The van der Waals surface area contributed by atoms with Gasteiger partial charge in [0.25, 0.3) is 0 Å². The largest absolute Gasteiger partial charge is 0.344 e. The van der Waals surface area contributed by atoms with E-state index < -0.39 is 0 Å². The molecular weight excluding hydrogens is 146 g/mol. The van der Waals surface area contributed by atoms with Gasteiger partial charge in [0.05, 0.1) is 0 Å². The first-order valence-electron chi connectivity index (χ1n) is 4.51. The van der Waals surface area contributed by atoms with Crippen LogP contribution < -0.4 is 0 Å². The van der Waals surface area contributed by atoms with Gasteiger partial charge in [-0.15, -0.1) is 0 Å². The molecular formula is C11H19N. The fourth-order valence-corrected chi connectivity index (χ4v) is 1.89. The second-order valence-electron chi connectivity index (χ2n) is 4.67. The molecule has 0 radical (unpaired) electrons. The lowest BCUT2D eigenvalue weighted by atomic mass is 10.1. The molecule has 0 saturated carbocycles. The molecule has 1 nitrogen and oxygen atoms in total. The first-order valence-corrected chi connectivity index (χ1v) is 4.51. The Morgan fingerprint density at radius 2 is 1.83 bits per heavy atom. The van der Waals surface area contributed by atoms with E-state index >= 15 is 0 Å². The smallest absolute Gasteiger partial charge is 0.0360 e. The van der Waals surface area contributed by atoms with E-state index in [0.717, 1.165) is 6.42 Å². The second kappa shape index (κ2) is 2.65. The summed E-state index contributed by atoms with van der Waals surface area (Å²) in [5, 5.41) is 0. The minimum Gasteiger partial charge on any atom is -0.344 e. The molecule has 0 aromatic rings. The van der Waals surface area contributed by atoms with E-state index in [9.17, 15) is 0 Å². The Balaban J connectivity index is 2.92. The summed E-state index contributed by atoms with van der Waals surface area (Å²) < 4.78 is 0. The van der Waals surface area contributed by atoms with Crippen molar-refractivity contribution in [3.05, 3.63) is 24.6 Å². The van der Waals surface area contributed by atoms with E-state index in [1.807, 2.05) is 0 Å². The number of rotatable bonds is 0. The Morgan fingerprint density at radius 3 is 2.00 bits per heavy atom. The predicted octanol–water partition coefficient (Wildman–Crippen LogP) is 3.15. The van der Waals surface area contributed by atoms with Gasteiger partial charge in [-0.05, 0) is 27.2 Å². The zero-order chi connectivity index (χ0) is 9.52. The van der Waals surface area contributed by atoms with E-state index in [4.69, 9.17) is 0 Å². The van der Waals surface area contributed by atoms with E-state index in [1.165, 1.54) is 11.4 Å². The van der Waals surface area contributed by atoms with Gasteiger partial charge in [0.1, 0.15) is 0 Å². The maximum absolute atomic E-state index is 4.10. The van der Waals surface area contributed by atoms with Crippen LogP contribution >= 0.6 is 0 Å². The van der Waals surface area contributed by atoms with Crippen LogP contribution in [-0.2, 0) is 0 Å². The summed E-state index contributed by atoms with van der Waals surface area (Å²) in [4.78, 5) is 2.26. The summed E-state index contributed by atoms with van der Waals surface area (Å²) >= 11 is 0. The van der Waals surface area contributed by atoms with Crippen LogP contribution in [0.2, 0.25) is 0 Å². The highest BCUT2D eigenvalue weighted by Crippen LogP contribution is 2.38. The Hall–Kier alpha value is -0.720. The molecule has 68 valence electrons. The second-order valence-corrected chi connectivity index (χ2v) is 4.67. The van der Waals surface area contributed by atoms with Crippen molar-refractivity contribution >= 4 is 0 Å². The van der Waals surface area contributed by atoms with Crippen LogP contribution in [0.1, 0.15) is 34.1 Å². The molecule has 0 N–H and O–H groups in total. The van der Waals surface area contributed by atoms with Gasteiger partial charge in [0.15, 0.2) is 0 Å². The molecule has 1 atom stereocenters. The predicted molar refractivity (Wildman–Crippen MR) is 53.7 cm³/mol. The average molecular weight is 165 g/mol. The van der Waals surface area contributed by atoms with Crippen molar-refractivity contribution in [3.8, 4) is 0 Å². The Kier molecular flexibility index (Phi) is 2.07. The summed E-state index contributed by atoms with van der Waals surface area (Å²) in [6.07, 6.45) is 1.07. The van der Waals surface area contributed by atoms with Gasteiger partial charge in [-0.2, -0.15) is 0 Å². The Bertz CT molecular complexity index is 220. The third-order valence-corrected chi connectivity index (χ3v) is 2.38. The number of likely N-dealkylation sites (tertiary alicyclic amines) is 1. The SMILES string of the molecule is C=C1CC(C)C(=C)N1C(C)(C)C. The number of hydrogen-bond donors (Lipinski definition) is 0. The van der Waals surface area contributed by atoms with Crippen molar-refractivity contribution in [1.82, 2.24) is 4.90 Å². The standard InChI is InChI=1S/C11H19N/c1-8-7-9(2)12(10(8)3)11(4,5)6/h8H,2-3,7H2,1,4-6H3. The van der Waals surface area contributed by atoms with Crippen molar-refractivity contribution in [2.24, 2.45) is 5.92 Å². The first-order chi connectivity index (χ1) is 5.34. The van der Waals surface area contributed by atoms with Gasteiger partial charge in [0.2, 0.25) is 0 Å². The van der Waals surface area contributed by atoms with E-state index in [1.54, 1.807) is 0 Å². The van der Waals surface area contributed by atoms with Crippen molar-refractivity contribution in [3.63, 3.8) is 0 Å². The van der Waals surface area contributed by atoms with Crippen molar-refractivity contribution in [2.75, 3.05) is 0 Å². The molecule has 0 aliphatic carbocycles. The fraction of sp³-hybridized carbons (Fsp3) is 0.636. The van der Waals surface area contributed by atoms with Crippen molar-refractivity contribution in [1.29, 1.82) is 0 Å². The highest BCUT2D eigenvalue weighted by atomic mass is 15.2. The van der Waals surface area contributed by atoms with Crippen LogP contribution in [0.4, 0.5) is 0 Å². The maximum Gasteiger partial charge on any atom is 0.0360 e. The molecule has 1 fully saturated rings. The Morgan fingerprint density at radius 1 is 1.33 bits per heavy atom. The lowest BCUT2D eigenvalue weighted by molar-refractivity contribution is 0.250. The number of nitrogens with zero attached hydrogens (tertiary/aromatic N) is 1. The average Bonchev–Trinajstić information content (AvgIpc) is 2.05. The van der Waals surface area contributed by atoms with Gasteiger partial charge >= 0.3 is 0 Å². The first kappa shape index (κ1) is 9.37. The molecule has 1 saturated heterocycles. The van der Waals surface area contributed by atoms with Crippen molar-refractivity contribution < 1.29 is 0 Å². The molecule has 0 amide bonds. The van der Waals surface area contributed by atoms with E-state index in [0.29, 0.717) is 5.92 Å². The lowest BCUT2D eigenvalue weighted by Crippen LogP contribution is -2.36. The molecule has 0 aromatic carbocycles. The summed E-state index contributed by atoms with van der Waals surface area (Å²) in [5.41, 5.74) is 2.56. The minimum absolute atomic E-state index is 0.138. The fourth-order valence-electron chi connectivity index (χ4n) is 1.89. The molecule has 1 aliphatic heterocycles. The van der Waals surface area contributed by atoms with Crippen LogP contribution in [0, 0.1) is 5.92 Å². The van der Waals surface area contributed by atoms with Gasteiger partial charge in [-0.1, -0.05) is 20.1 Å². The third-order valence-electron chi connectivity index (χ3n) is 2.38. The summed E-state index contributed by atoms with van der Waals surface area (Å²) in [6, 6.07) is 0. The molecule has 1 heteroatoms.